The number of aryl methyl sites for hydroxylation is 1. The summed E-state index contributed by atoms with van der Waals surface area (Å²) in [6, 6.07) is 11.8. The van der Waals surface area contributed by atoms with Crippen molar-refractivity contribution in [3.05, 3.63) is 58.3 Å². The van der Waals surface area contributed by atoms with Crippen LogP contribution in [-0.2, 0) is 11.2 Å². The summed E-state index contributed by atoms with van der Waals surface area (Å²) in [5.41, 5.74) is 2.00. The number of amides is 1. The van der Waals surface area contributed by atoms with Crippen molar-refractivity contribution in [1.82, 2.24) is 5.32 Å². The molecule has 3 nitrogen and oxygen atoms in total. The number of thiophene rings is 1. The van der Waals surface area contributed by atoms with Gasteiger partial charge in [0.15, 0.2) is 0 Å². The van der Waals surface area contributed by atoms with Crippen molar-refractivity contribution in [2.24, 2.45) is 0 Å². The van der Waals surface area contributed by atoms with E-state index in [0.717, 1.165) is 17.5 Å². The number of rotatable bonds is 6. The summed E-state index contributed by atoms with van der Waals surface area (Å²) in [7, 11) is 0. The zero-order valence-corrected chi connectivity index (χ0v) is 11.4. The van der Waals surface area contributed by atoms with E-state index in [0.29, 0.717) is 6.42 Å². The first-order valence-electron chi connectivity index (χ1n) is 6.26. The molecule has 0 spiro atoms. The normalized spacial score (nSPS) is 12.1. The van der Waals surface area contributed by atoms with Crippen LogP contribution in [0.25, 0.3) is 0 Å². The molecule has 0 saturated heterocycles. The van der Waals surface area contributed by atoms with Gasteiger partial charge >= 0.3 is 0 Å². The lowest BCUT2D eigenvalue weighted by Gasteiger charge is -2.10. The van der Waals surface area contributed by atoms with Crippen LogP contribution in [0, 0.1) is 0 Å². The minimum absolute atomic E-state index is 0.0295. The van der Waals surface area contributed by atoms with Crippen molar-refractivity contribution >= 4 is 17.2 Å². The lowest BCUT2D eigenvalue weighted by Crippen LogP contribution is -2.28. The van der Waals surface area contributed by atoms with Gasteiger partial charge in [-0.2, -0.15) is 11.3 Å². The molecule has 1 heterocycles. The Morgan fingerprint density at radius 3 is 2.74 bits per heavy atom. The largest absolute Gasteiger partial charge is 0.387 e. The maximum Gasteiger partial charge on any atom is 0.220 e. The third-order valence-electron chi connectivity index (χ3n) is 2.90. The average molecular weight is 275 g/mol. The molecule has 0 fully saturated rings. The number of carbonyl (C=O) groups is 1. The summed E-state index contributed by atoms with van der Waals surface area (Å²) in [5, 5.41) is 16.4. The quantitative estimate of drug-likeness (QED) is 0.851. The van der Waals surface area contributed by atoms with Crippen molar-refractivity contribution in [1.29, 1.82) is 0 Å². The fourth-order valence-electron chi connectivity index (χ4n) is 1.78. The molecule has 19 heavy (non-hydrogen) atoms. The monoisotopic (exact) mass is 275 g/mol. The predicted octanol–water partition coefficient (Wildman–Crippen LogP) is 2.53. The molecular weight excluding hydrogens is 258 g/mol. The Balaban J connectivity index is 1.70. The molecule has 0 aliphatic rings. The van der Waals surface area contributed by atoms with E-state index in [2.05, 4.69) is 5.32 Å². The van der Waals surface area contributed by atoms with E-state index in [4.69, 9.17) is 0 Å². The Bertz CT molecular complexity index is 496. The van der Waals surface area contributed by atoms with E-state index >= 15 is 0 Å². The molecule has 1 amide bonds. The minimum Gasteiger partial charge on any atom is -0.387 e. The fraction of sp³-hybridized carbons (Fsp3) is 0.267. The molecule has 4 heteroatoms. The number of hydrogen-bond donors (Lipinski definition) is 2. The molecule has 0 radical (unpaired) electrons. The van der Waals surface area contributed by atoms with Gasteiger partial charge in [0, 0.05) is 13.0 Å². The van der Waals surface area contributed by atoms with Crippen LogP contribution in [0.3, 0.4) is 0 Å². The lowest BCUT2D eigenvalue weighted by atomic mass is 10.1. The zero-order chi connectivity index (χ0) is 13.5. The van der Waals surface area contributed by atoms with E-state index in [1.807, 2.05) is 47.2 Å². The van der Waals surface area contributed by atoms with Crippen LogP contribution < -0.4 is 5.32 Å². The van der Waals surface area contributed by atoms with Crippen LogP contribution in [0.4, 0.5) is 0 Å². The highest BCUT2D eigenvalue weighted by molar-refractivity contribution is 7.07. The molecule has 1 aromatic carbocycles. The summed E-state index contributed by atoms with van der Waals surface area (Å²) in [6.07, 6.45) is 0.550. The van der Waals surface area contributed by atoms with Gasteiger partial charge in [-0.05, 0) is 34.4 Å². The van der Waals surface area contributed by atoms with E-state index in [1.54, 1.807) is 0 Å². The van der Waals surface area contributed by atoms with Gasteiger partial charge in [-0.25, -0.2) is 0 Å². The van der Waals surface area contributed by atoms with E-state index in [-0.39, 0.29) is 12.5 Å². The van der Waals surface area contributed by atoms with Crippen molar-refractivity contribution in [3.8, 4) is 0 Å². The Labute approximate surface area is 116 Å². The van der Waals surface area contributed by atoms with E-state index in [1.165, 1.54) is 11.3 Å². The zero-order valence-electron chi connectivity index (χ0n) is 10.6. The van der Waals surface area contributed by atoms with Gasteiger partial charge in [0.05, 0.1) is 6.10 Å². The van der Waals surface area contributed by atoms with Crippen LogP contribution in [0.2, 0.25) is 0 Å². The van der Waals surface area contributed by atoms with Gasteiger partial charge in [0.1, 0.15) is 0 Å². The summed E-state index contributed by atoms with van der Waals surface area (Å²) < 4.78 is 0. The summed E-state index contributed by atoms with van der Waals surface area (Å²) in [6.45, 7) is 0.268. The molecule has 2 N–H and O–H groups in total. The Morgan fingerprint density at radius 1 is 1.26 bits per heavy atom. The Morgan fingerprint density at radius 2 is 2.05 bits per heavy atom. The highest BCUT2D eigenvalue weighted by Gasteiger charge is 2.09. The van der Waals surface area contributed by atoms with Crippen LogP contribution in [0.15, 0.2) is 47.2 Å². The second kappa shape index (κ2) is 7.07. The average Bonchev–Trinajstić information content (AvgIpc) is 2.98. The van der Waals surface area contributed by atoms with Gasteiger partial charge in [-0.15, -0.1) is 0 Å². The molecule has 0 aliphatic carbocycles. The summed E-state index contributed by atoms with van der Waals surface area (Å²) in [5.74, 6) is -0.0295. The topological polar surface area (TPSA) is 49.3 Å². The van der Waals surface area contributed by atoms with Crippen molar-refractivity contribution in [2.75, 3.05) is 6.54 Å². The van der Waals surface area contributed by atoms with E-state index in [9.17, 15) is 9.90 Å². The second-order valence-electron chi connectivity index (χ2n) is 4.36. The van der Waals surface area contributed by atoms with Gasteiger partial charge in [0.25, 0.3) is 0 Å². The van der Waals surface area contributed by atoms with Crippen molar-refractivity contribution < 1.29 is 9.90 Å². The number of benzene rings is 1. The first-order valence-corrected chi connectivity index (χ1v) is 7.21. The fourth-order valence-corrected chi connectivity index (χ4v) is 2.49. The lowest BCUT2D eigenvalue weighted by molar-refractivity contribution is -0.121. The molecule has 1 unspecified atom stereocenters. The number of carbonyl (C=O) groups excluding carboxylic acids is 1. The van der Waals surface area contributed by atoms with Crippen molar-refractivity contribution in [2.45, 2.75) is 18.9 Å². The third kappa shape index (κ3) is 4.50. The SMILES string of the molecule is O=C(CCc1ccccc1)NCC(O)c1ccsc1. The number of aliphatic hydroxyl groups excluding tert-OH is 1. The number of nitrogens with one attached hydrogen (secondary N) is 1. The Kier molecular flexibility index (Phi) is 5.12. The third-order valence-corrected chi connectivity index (χ3v) is 3.61. The smallest absolute Gasteiger partial charge is 0.220 e. The molecule has 0 saturated carbocycles. The van der Waals surface area contributed by atoms with Gasteiger partial charge in [0.2, 0.25) is 5.91 Å². The van der Waals surface area contributed by atoms with Crippen LogP contribution >= 0.6 is 11.3 Å². The second-order valence-corrected chi connectivity index (χ2v) is 5.14. The Hall–Kier alpha value is -1.65. The molecule has 2 aromatic rings. The molecule has 1 aromatic heterocycles. The molecule has 0 aliphatic heterocycles. The molecular formula is C15H17NO2S. The van der Waals surface area contributed by atoms with Crippen LogP contribution in [-0.4, -0.2) is 17.6 Å². The van der Waals surface area contributed by atoms with E-state index < -0.39 is 6.10 Å². The first kappa shape index (κ1) is 13.8. The number of hydrogen-bond acceptors (Lipinski definition) is 3. The van der Waals surface area contributed by atoms with Crippen LogP contribution in [0.5, 0.6) is 0 Å². The van der Waals surface area contributed by atoms with Crippen LogP contribution in [0.1, 0.15) is 23.7 Å². The molecule has 1 atom stereocenters. The molecule has 2 rings (SSSR count). The maximum absolute atomic E-state index is 11.7. The standard InChI is InChI=1S/C15H17NO2S/c17-14(13-8-9-19-11-13)10-16-15(18)7-6-12-4-2-1-3-5-12/h1-5,8-9,11,14,17H,6-7,10H2,(H,16,18). The van der Waals surface area contributed by atoms with Gasteiger partial charge in [-0.1, -0.05) is 30.3 Å². The maximum atomic E-state index is 11.7. The number of aliphatic hydroxyl groups is 1. The van der Waals surface area contributed by atoms with Gasteiger partial charge < -0.3 is 10.4 Å². The highest BCUT2D eigenvalue weighted by atomic mass is 32.1. The van der Waals surface area contributed by atoms with Crippen molar-refractivity contribution in [3.63, 3.8) is 0 Å². The molecule has 100 valence electrons. The summed E-state index contributed by atoms with van der Waals surface area (Å²) >= 11 is 1.54. The minimum atomic E-state index is -0.619. The highest BCUT2D eigenvalue weighted by Crippen LogP contribution is 2.15. The summed E-state index contributed by atoms with van der Waals surface area (Å²) in [4.78, 5) is 11.7. The van der Waals surface area contributed by atoms with Gasteiger partial charge in [-0.3, -0.25) is 4.79 Å². The predicted molar refractivity (Wildman–Crippen MR) is 77.1 cm³/mol. The first-order chi connectivity index (χ1) is 9.25. The molecule has 0 bridgehead atoms.